The fourth-order valence-corrected chi connectivity index (χ4v) is 4.12. The van der Waals surface area contributed by atoms with Crippen LogP contribution in [0.1, 0.15) is 25.7 Å². The summed E-state index contributed by atoms with van der Waals surface area (Å²) in [7, 11) is 0. The van der Waals surface area contributed by atoms with Crippen molar-refractivity contribution in [3.63, 3.8) is 0 Å². The Labute approximate surface area is 132 Å². The van der Waals surface area contributed by atoms with Gasteiger partial charge in [-0.1, -0.05) is 41.9 Å². The van der Waals surface area contributed by atoms with Crippen LogP contribution in [0.2, 0.25) is 5.02 Å². The van der Waals surface area contributed by atoms with Gasteiger partial charge < -0.3 is 4.57 Å². The van der Waals surface area contributed by atoms with Crippen LogP contribution in [-0.2, 0) is 11.3 Å². The Kier molecular flexibility index (Phi) is 4.27. The number of benzene rings is 1. The lowest BCUT2D eigenvalue weighted by Crippen LogP contribution is -2.19. The van der Waals surface area contributed by atoms with E-state index < -0.39 is 0 Å². The lowest BCUT2D eigenvalue weighted by molar-refractivity contribution is -0.121. The lowest BCUT2D eigenvalue weighted by Gasteiger charge is -2.03. The van der Waals surface area contributed by atoms with Crippen LogP contribution < -0.4 is 4.80 Å². The van der Waals surface area contributed by atoms with Gasteiger partial charge in [-0.3, -0.25) is 4.79 Å². The van der Waals surface area contributed by atoms with Gasteiger partial charge in [0.25, 0.3) is 5.91 Å². The molecule has 1 aromatic heterocycles. The molecule has 1 aliphatic carbocycles. The number of rotatable bonds is 3. The first-order chi connectivity index (χ1) is 10.2. The lowest BCUT2D eigenvalue weighted by atomic mass is 10.1. The standard InChI is InChI=1S/C16H17ClN2OS/c1-2-9-19-13-8-7-12(17)10-14(13)21-16(19)18-15(20)11-5-3-4-6-11/h2,7-8,10-11H,1,3-6,9H2. The van der Waals surface area contributed by atoms with Gasteiger partial charge in [0.15, 0.2) is 4.80 Å². The zero-order valence-electron chi connectivity index (χ0n) is 11.7. The van der Waals surface area contributed by atoms with E-state index in [-0.39, 0.29) is 11.8 Å². The van der Waals surface area contributed by atoms with Gasteiger partial charge in [0, 0.05) is 17.5 Å². The number of halogens is 1. The zero-order chi connectivity index (χ0) is 14.8. The molecule has 0 bridgehead atoms. The topological polar surface area (TPSA) is 34.4 Å². The Hall–Kier alpha value is -1.39. The maximum atomic E-state index is 12.3. The van der Waals surface area contributed by atoms with E-state index in [2.05, 4.69) is 11.6 Å². The third-order valence-corrected chi connectivity index (χ3v) is 5.14. The summed E-state index contributed by atoms with van der Waals surface area (Å²) in [6.45, 7) is 4.43. The van der Waals surface area contributed by atoms with Crippen LogP contribution in [0.4, 0.5) is 0 Å². The molecule has 0 aliphatic heterocycles. The predicted molar refractivity (Wildman–Crippen MR) is 87.6 cm³/mol. The molecule has 0 N–H and O–H groups in total. The molecular formula is C16H17ClN2OS. The average molecular weight is 321 g/mol. The quantitative estimate of drug-likeness (QED) is 0.782. The summed E-state index contributed by atoms with van der Waals surface area (Å²) in [4.78, 5) is 17.4. The highest BCUT2D eigenvalue weighted by Gasteiger charge is 2.22. The van der Waals surface area contributed by atoms with Crippen molar-refractivity contribution in [1.29, 1.82) is 0 Å². The number of allylic oxidation sites excluding steroid dienone is 1. The number of carbonyl (C=O) groups is 1. The number of hydrogen-bond acceptors (Lipinski definition) is 2. The van der Waals surface area contributed by atoms with E-state index in [1.165, 1.54) is 11.3 Å². The van der Waals surface area contributed by atoms with Crippen LogP contribution in [0.25, 0.3) is 10.2 Å². The summed E-state index contributed by atoms with van der Waals surface area (Å²) >= 11 is 7.55. The highest BCUT2D eigenvalue weighted by Crippen LogP contribution is 2.26. The second kappa shape index (κ2) is 6.16. The van der Waals surface area contributed by atoms with Crippen molar-refractivity contribution < 1.29 is 4.79 Å². The van der Waals surface area contributed by atoms with Crippen LogP contribution >= 0.6 is 22.9 Å². The molecule has 1 saturated carbocycles. The number of amides is 1. The SMILES string of the molecule is C=CCn1c(=NC(=O)C2CCCC2)sc2cc(Cl)ccc21. The predicted octanol–water partition coefficient (Wildman–Crippen LogP) is 4.16. The van der Waals surface area contributed by atoms with Crippen molar-refractivity contribution in [3.05, 3.63) is 40.7 Å². The maximum absolute atomic E-state index is 12.3. The van der Waals surface area contributed by atoms with Crippen molar-refractivity contribution in [2.75, 3.05) is 0 Å². The minimum Gasteiger partial charge on any atom is -0.313 e. The van der Waals surface area contributed by atoms with Crippen molar-refractivity contribution in [2.24, 2.45) is 10.9 Å². The number of nitrogens with zero attached hydrogens (tertiary/aromatic N) is 2. The zero-order valence-corrected chi connectivity index (χ0v) is 13.3. The molecule has 0 saturated heterocycles. The second-order valence-electron chi connectivity index (χ2n) is 5.33. The second-order valence-corrected chi connectivity index (χ2v) is 6.77. The number of carbonyl (C=O) groups excluding carboxylic acids is 1. The summed E-state index contributed by atoms with van der Waals surface area (Å²) < 4.78 is 3.07. The summed E-state index contributed by atoms with van der Waals surface area (Å²) in [6, 6.07) is 5.75. The molecule has 5 heteroatoms. The van der Waals surface area contributed by atoms with Crippen LogP contribution in [0.15, 0.2) is 35.8 Å². The highest BCUT2D eigenvalue weighted by molar-refractivity contribution is 7.16. The van der Waals surface area contributed by atoms with Gasteiger partial charge >= 0.3 is 0 Å². The largest absolute Gasteiger partial charge is 0.313 e. The van der Waals surface area contributed by atoms with Gasteiger partial charge in [-0.15, -0.1) is 6.58 Å². The van der Waals surface area contributed by atoms with Gasteiger partial charge in [0.05, 0.1) is 10.2 Å². The normalized spacial score (nSPS) is 16.7. The number of hydrogen-bond donors (Lipinski definition) is 0. The summed E-state index contributed by atoms with van der Waals surface area (Å²) in [5.41, 5.74) is 1.04. The molecule has 1 fully saturated rings. The number of aromatic nitrogens is 1. The van der Waals surface area contributed by atoms with E-state index in [9.17, 15) is 4.79 Å². The molecule has 1 aliphatic rings. The Morgan fingerprint density at radius 2 is 2.24 bits per heavy atom. The molecule has 0 radical (unpaired) electrons. The van der Waals surface area contributed by atoms with Gasteiger partial charge in [-0.25, -0.2) is 0 Å². The van der Waals surface area contributed by atoms with Crippen LogP contribution in [0.3, 0.4) is 0 Å². The molecule has 110 valence electrons. The van der Waals surface area contributed by atoms with Crippen LogP contribution in [0, 0.1) is 5.92 Å². The molecule has 1 aromatic carbocycles. The molecule has 0 unspecified atom stereocenters. The summed E-state index contributed by atoms with van der Waals surface area (Å²) in [6.07, 6.45) is 6.04. The Balaban J connectivity index is 2.09. The Morgan fingerprint density at radius 1 is 1.48 bits per heavy atom. The molecule has 21 heavy (non-hydrogen) atoms. The average Bonchev–Trinajstić information content (AvgIpc) is 3.08. The van der Waals surface area contributed by atoms with E-state index >= 15 is 0 Å². The molecule has 0 atom stereocenters. The van der Waals surface area contributed by atoms with Crippen LogP contribution in [0.5, 0.6) is 0 Å². The first-order valence-corrected chi connectivity index (χ1v) is 8.37. The van der Waals surface area contributed by atoms with Crippen molar-refractivity contribution >= 4 is 39.1 Å². The molecule has 3 rings (SSSR count). The molecule has 2 aromatic rings. The van der Waals surface area contributed by atoms with E-state index in [0.29, 0.717) is 11.6 Å². The van der Waals surface area contributed by atoms with Crippen molar-refractivity contribution in [1.82, 2.24) is 4.57 Å². The van der Waals surface area contributed by atoms with Crippen molar-refractivity contribution in [3.8, 4) is 0 Å². The highest BCUT2D eigenvalue weighted by atomic mass is 35.5. The number of thiazole rings is 1. The molecule has 3 nitrogen and oxygen atoms in total. The minimum absolute atomic E-state index is 0.0166. The van der Waals surface area contributed by atoms with Gasteiger partial charge in [0.2, 0.25) is 0 Å². The molecule has 0 spiro atoms. The fraction of sp³-hybridized carbons (Fsp3) is 0.375. The Bertz CT molecular complexity index is 753. The maximum Gasteiger partial charge on any atom is 0.251 e. The first kappa shape index (κ1) is 14.5. The summed E-state index contributed by atoms with van der Waals surface area (Å²) in [5.74, 6) is 0.124. The summed E-state index contributed by atoms with van der Waals surface area (Å²) in [5, 5.41) is 0.697. The molecular weight excluding hydrogens is 304 g/mol. The first-order valence-electron chi connectivity index (χ1n) is 7.17. The number of fused-ring (bicyclic) bond motifs is 1. The Morgan fingerprint density at radius 3 is 2.95 bits per heavy atom. The third kappa shape index (κ3) is 2.97. The van der Waals surface area contributed by atoms with Gasteiger partial charge in [-0.2, -0.15) is 4.99 Å². The fourth-order valence-electron chi connectivity index (χ4n) is 2.80. The minimum atomic E-state index is 0.0166. The van der Waals surface area contributed by atoms with E-state index in [1.807, 2.05) is 28.8 Å². The molecule has 1 heterocycles. The van der Waals surface area contributed by atoms with E-state index in [1.54, 1.807) is 0 Å². The van der Waals surface area contributed by atoms with Gasteiger partial charge in [0.1, 0.15) is 0 Å². The molecule has 1 amide bonds. The van der Waals surface area contributed by atoms with Crippen LogP contribution in [-0.4, -0.2) is 10.5 Å². The third-order valence-electron chi connectivity index (χ3n) is 3.87. The monoisotopic (exact) mass is 320 g/mol. The van der Waals surface area contributed by atoms with Crippen molar-refractivity contribution in [2.45, 2.75) is 32.2 Å². The van der Waals surface area contributed by atoms with E-state index in [4.69, 9.17) is 11.6 Å². The van der Waals surface area contributed by atoms with E-state index in [0.717, 1.165) is 40.7 Å². The smallest absolute Gasteiger partial charge is 0.251 e. The van der Waals surface area contributed by atoms with Gasteiger partial charge in [-0.05, 0) is 31.0 Å².